The van der Waals surface area contributed by atoms with Crippen molar-refractivity contribution < 1.29 is 23.9 Å². The molecule has 0 saturated carbocycles. The summed E-state index contributed by atoms with van der Waals surface area (Å²) in [6.07, 6.45) is 1.31. The number of carbonyl (C=O) groups is 3. The fourth-order valence-corrected chi connectivity index (χ4v) is 3.02. The molecule has 10 heteroatoms. The number of amides is 2. The fraction of sp³-hybridized carbons (Fsp3) is 0.0833. The summed E-state index contributed by atoms with van der Waals surface area (Å²) in [6.45, 7) is 2.12. The maximum absolute atomic E-state index is 12.3. The Hall–Kier alpha value is -3.88. The van der Waals surface area contributed by atoms with E-state index in [9.17, 15) is 14.4 Å². The van der Waals surface area contributed by atoms with Crippen LogP contribution in [0.2, 0.25) is 10.0 Å². The highest BCUT2D eigenvalue weighted by atomic mass is 35.5. The number of nitrogens with zero attached hydrogens (tertiary/aromatic N) is 1. The van der Waals surface area contributed by atoms with Crippen LogP contribution in [0.1, 0.15) is 22.8 Å². The number of halogens is 2. The monoisotopic (exact) mass is 499 g/mol. The number of esters is 1. The van der Waals surface area contributed by atoms with E-state index in [0.717, 1.165) is 0 Å². The first-order chi connectivity index (χ1) is 16.4. The van der Waals surface area contributed by atoms with Gasteiger partial charge >= 0.3 is 17.8 Å². The van der Waals surface area contributed by atoms with Gasteiger partial charge in [0.05, 0.1) is 29.1 Å². The molecule has 0 heterocycles. The topological polar surface area (TPSA) is 106 Å². The standard InChI is InChI=1S/C24H19Cl2N3O5/c1-2-33-21-12-15(8-11-20(21)34-24(32)16-6-4-3-5-7-16)14-27-29-23(31)22(30)28-19-13-17(25)9-10-18(19)26/h3-14H,2H2,1H3,(H,28,30)(H,29,31)/b27-14-. The number of hydrogen-bond acceptors (Lipinski definition) is 6. The molecule has 0 aliphatic heterocycles. The zero-order valence-electron chi connectivity index (χ0n) is 17.9. The predicted molar refractivity (Wildman–Crippen MR) is 130 cm³/mol. The summed E-state index contributed by atoms with van der Waals surface area (Å²) >= 11 is 11.8. The molecule has 0 unspecified atom stereocenters. The predicted octanol–water partition coefficient (Wildman–Crippen LogP) is 4.70. The lowest BCUT2D eigenvalue weighted by molar-refractivity contribution is -0.136. The van der Waals surface area contributed by atoms with E-state index in [0.29, 0.717) is 28.5 Å². The SMILES string of the molecule is CCOc1cc(/C=N\NC(=O)C(=O)Nc2cc(Cl)ccc2Cl)ccc1OC(=O)c1ccccc1. The quantitative estimate of drug-likeness (QED) is 0.161. The zero-order chi connectivity index (χ0) is 24.5. The average Bonchev–Trinajstić information content (AvgIpc) is 2.83. The first-order valence-corrected chi connectivity index (χ1v) is 10.8. The zero-order valence-corrected chi connectivity index (χ0v) is 19.4. The van der Waals surface area contributed by atoms with Gasteiger partial charge in [-0.3, -0.25) is 9.59 Å². The Labute approximate surface area is 205 Å². The van der Waals surface area contributed by atoms with Crippen molar-refractivity contribution in [1.82, 2.24) is 5.43 Å². The molecule has 174 valence electrons. The van der Waals surface area contributed by atoms with Crippen molar-refractivity contribution >= 4 is 52.9 Å². The third-order valence-corrected chi connectivity index (χ3v) is 4.81. The van der Waals surface area contributed by atoms with Gasteiger partial charge in [-0.05, 0) is 61.0 Å². The molecule has 0 saturated heterocycles. The van der Waals surface area contributed by atoms with Crippen LogP contribution >= 0.6 is 23.2 Å². The van der Waals surface area contributed by atoms with Gasteiger partial charge < -0.3 is 14.8 Å². The van der Waals surface area contributed by atoms with E-state index in [2.05, 4.69) is 15.8 Å². The summed E-state index contributed by atoms with van der Waals surface area (Å²) < 4.78 is 11.0. The Balaban J connectivity index is 1.64. The van der Waals surface area contributed by atoms with E-state index in [1.54, 1.807) is 61.5 Å². The second kappa shape index (κ2) is 11.8. The Bertz CT molecular complexity index is 1230. The van der Waals surface area contributed by atoms with Crippen LogP contribution in [-0.2, 0) is 9.59 Å². The minimum absolute atomic E-state index is 0.195. The summed E-state index contributed by atoms with van der Waals surface area (Å²) in [5.41, 5.74) is 3.24. The lowest BCUT2D eigenvalue weighted by atomic mass is 10.2. The third-order valence-electron chi connectivity index (χ3n) is 4.24. The number of hydrogen-bond donors (Lipinski definition) is 2. The van der Waals surface area contributed by atoms with Crippen LogP contribution in [0.25, 0.3) is 0 Å². The summed E-state index contributed by atoms with van der Waals surface area (Å²) in [5, 5.41) is 6.71. The lowest BCUT2D eigenvalue weighted by Crippen LogP contribution is -2.32. The Morgan fingerprint density at radius 2 is 1.71 bits per heavy atom. The van der Waals surface area contributed by atoms with Crippen LogP contribution in [0.4, 0.5) is 5.69 Å². The van der Waals surface area contributed by atoms with E-state index in [-0.39, 0.29) is 16.5 Å². The average molecular weight is 500 g/mol. The summed E-state index contributed by atoms with van der Waals surface area (Å²) in [7, 11) is 0. The highest BCUT2D eigenvalue weighted by molar-refractivity contribution is 6.42. The fourth-order valence-electron chi connectivity index (χ4n) is 2.68. The van der Waals surface area contributed by atoms with Gasteiger partial charge in [-0.2, -0.15) is 5.10 Å². The molecule has 8 nitrogen and oxygen atoms in total. The Morgan fingerprint density at radius 3 is 2.44 bits per heavy atom. The molecule has 0 atom stereocenters. The Kier molecular flexibility index (Phi) is 8.61. The molecule has 3 aromatic rings. The van der Waals surface area contributed by atoms with Gasteiger partial charge in [0.2, 0.25) is 0 Å². The van der Waals surface area contributed by atoms with Crippen LogP contribution in [0.15, 0.2) is 71.8 Å². The molecule has 0 bridgehead atoms. The van der Waals surface area contributed by atoms with E-state index in [4.69, 9.17) is 32.7 Å². The maximum atomic E-state index is 12.3. The number of benzene rings is 3. The van der Waals surface area contributed by atoms with Crippen molar-refractivity contribution in [3.63, 3.8) is 0 Å². The van der Waals surface area contributed by atoms with Crippen molar-refractivity contribution in [3.05, 3.63) is 87.9 Å². The molecule has 3 rings (SSSR count). The number of anilines is 1. The van der Waals surface area contributed by atoms with Gasteiger partial charge in [0.15, 0.2) is 11.5 Å². The molecule has 0 spiro atoms. The molecule has 2 N–H and O–H groups in total. The number of ether oxygens (including phenoxy) is 2. The molecule has 2 amide bonds. The van der Waals surface area contributed by atoms with Gasteiger partial charge in [-0.15, -0.1) is 0 Å². The van der Waals surface area contributed by atoms with Gasteiger partial charge in [0.1, 0.15) is 0 Å². The number of rotatable bonds is 7. The van der Waals surface area contributed by atoms with Crippen LogP contribution in [0.3, 0.4) is 0 Å². The summed E-state index contributed by atoms with van der Waals surface area (Å²) in [5.74, 6) is -1.96. The van der Waals surface area contributed by atoms with Crippen molar-refractivity contribution in [2.75, 3.05) is 11.9 Å². The molecule has 0 aliphatic rings. The highest BCUT2D eigenvalue weighted by Crippen LogP contribution is 2.29. The molecule has 0 aromatic heterocycles. The molecule has 3 aromatic carbocycles. The van der Waals surface area contributed by atoms with E-state index >= 15 is 0 Å². The normalized spacial score (nSPS) is 10.6. The molecule has 0 fully saturated rings. The van der Waals surface area contributed by atoms with Gasteiger partial charge in [0.25, 0.3) is 0 Å². The lowest BCUT2D eigenvalue weighted by Gasteiger charge is -2.11. The number of hydrazone groups is 1. The second-order valence-corrected chi connectivity index (χ2v) is 7.52. The van der Waals surface area contributed by atoms with Crippen LogP contribution < -0.4 is 20.2 Å². The van der Waals surface area contributed by atoms with E-state index in [1.165, 1.54) is 18.3 Å². The molecule has 0 aliphatic carbocycles. The molecular formula is C24H19Cl2N3O5. The summed E-state index contributed by atoms with van der Waals surface area (Å²) in [6, 6.07) is 17.7. The van der Waals surface area contributed by atoms with Crippen LogP contribution in [-0.4, -0.2) is 30.6 Å². The van der Waals surface area contributed by atoms with Crippen molar-refractivity contribution in [3.8, 4) is 11.5 Å². The minimum atomic E-state index is -1.01. The summed E-state index contributed by atoms with van der Waals surface area (Å²) in [4.78, 5) is 36.4. The first kappa shape index (κ1) is 24.8. The van der Waals surface area contributed by atoms with Crippen molar-refractivity contribution in [2.45, 2.75) is 6.92 Å². The third kappa shape index (κ3) is 6.81. The largest absolute Gasteiger partial charge is 0.490 e. The maximum Gasteiger partial charge on any atom is 0.343 e. The van der Waals surface area contributed by atoms with Gasteiger partial charge in [0, 0.05) is 5.02 Å². The molecular weight excluding hydrogens is 481 g/mol. The van der Waals surface area contributed by atoms with E-state index < -0.39 is 17.8 Å². The van der Waals surface area contributed by atoms with Crippen LogP contribution in [0, 0.1) is 0 Å². The first-order valence-electron chi connectivity index (χ1n) is 10.0. The van der Waals surface area contributed by atoms with Crippen LogP contribution in [0.5, 0.6) is 11.5 Å². The molecule has 0 radical (unpaired) electrons. The molecule has 34 heavy (non-hydrogen) atoms. The van der Waals surface area contributed by atoms with Gasteiger partial charge in [-0.25, -0.2) is 10.2 Å². The second-order valence-electron chi connectivity index (χ2n) is 6.67. The number of nitrogens with one attached hydrogen (secondary N) is 2. The minimum Gasteiger partial charge on any atom is -0.490 e. The van der Waals surface area contributed by atoms with Crippen molar-refractivity contribution in [2.24, 2.45) is 5.10 Å². The number of carbonyl (C=O) groups excluding carboxylic acids is 3. The van der Waals surface area contributed by atoms with Crippen molar-refractivity contribution in [1.29, 1.82) is 0 Å². The smallest absolute Gasteiger partial charge is 0.343 e. The van der Waals surface area contributed by atoms with Gasteiger partial charge in [-0.1, -0.05) is 41.4 Å². The highest BCUT2D eigenvalue weighted by Gasteiger charge is 2.15. The van der Waals surface area contributed by atoms with E-state index in [1.807, 2.05) is 0 Å². The Morgan fingerprint density at radius 1 is 0.941 bits per heavy atom.